The Morgan fingerprint density at radius 3 is 3.07 bits per heavy atom. The Hall–Kier alpha value is -0.450. The molecule has 1 saturated heterocycles. The molecule has 0 aliphatic carbocycles. The van der Waals surface area contributed by atoms with Gasteiger partial charge in [0.25, 0.3) is 0 Å². The minimum atomic E-state index is 0.249. The van der Waals surface area contributed by atoms with Gasteiger partial charge in [-0.05, 0) is 18.6 Å². The maximum Gasteiger partial charge on any atom is 0.0892 e. The molecule has 15 heavy (non-hydrogen) atoms. The summed E-state index contributed by atoms with van der Waals surface area (Å²) in [5.41, 5.74) is 2.03. The van der Waals surface area contributed by atoms with E-state index >= 15 is 0 Å². The van der Waals surface area contributed by atoms with Gasteiger partial charge in [0.15, 0.2) is 0 Å². The molecule has 0 amide bonds. The third-order valence-corrected chi connectivity index (χ3v) is 2.93. The van der Waals surface area contributed by atoms with Crippen LogP contribution in [-0.2, 0) is 21.4 Å². The normalized spacial score (nSPS) is 20.7. The van der Waals surface area contributed by atoms with Crippen molar-refractivity contribution in [3.63, 3.8) is 0 Å². The molecule has 2 rings (SSSR count). The molecule has 3 nitrogen and oxygen atoms in total. The highest BCUT2D eigenvalue weighted by molar-refractivity contribution is 9.08. The predicted octanol–water partition coefficient (Wildman–Crippen LogP) is 2.28. The second kappa shape index (κ2) is 5.58. The van der Waals surface area contributed by atoms with Crippen LogP contribution in [0.3, 0.4) is 0 Å². The van der Waals surface area contributed by atoms with Crippen LogP contribution in [0.25, 0.3) is 0 Å². The summed E-state index contributed by atoms with van der Waals surface area (Å²) in [6.07, 6.45) is 1.25. The molecular formula is C11H14BrNO2. The molecule has 1 aromatic rings. The maximum atomic E-state index is 5.69. The monoisotopic (exact) mass is 271 g/mol. The molecule has 0 aromatic carbocycles. The summed E-state index contributed by atoms with van der Waals surface area (Å²) in [4.78, 5) is 4.44. The first-order valence-electron chi connectivity index (χ1n) is 5.08. The Morgan fingerprint density at radius 1 is 1.47 bits per heavy atom. The van der Waals surface area contributed by atoms with Gasteiger partial charge in [-0.3, -0.25) is 4.98 Å². The third kappa shape index (κ3) is 3.26. The Bertz CT molecular complexity index is 313. The zero-order chi connectivity index (χ0) is 10.5. The summed E-state index contributed by atoms with van der Waals surface area (Å²) in [6, 6.07) is 5.99. The summed E-state index contributed by atoms with van der Waals surface area (Å²) in [5, 5.41) is 0.785. The lowest BCUT2D eigenvalue weighted by Crippen LogP contribution is -2.12. The quantitative estimate of drug-likeness (QED) is 0.788. The van der Waals surface area contributed by atoms with Gasteiger partial charge in [0, 0.05) is 11.9 Å². The van der Waals surface area contributed by atoms with Crippen LogP contribution in [0.4, 0.5) is 0 Å². The molecule has 1 atom stereocenters. The van der Waals surface area contributed by atoms with Crippen molar-refractivity contribution in [1.82, 2.24) is 4.98 Å². The van der Waals surface area contributed by atoms with Crippen LogP contribution in [0.1, 0.15) is 17.8 Å². The molecule has 1 fully saturated rings. The molecule has 0 radical (unpaired) electrons. The van der Waals surface area contributed by atoms with E-state index in [0.717, 1.165) is 36.4 Å². The van der Waals surface area contributed by atoms with E-state index in [2.05, 4.69) is 20.9 Å². The summed E-state index contributed by atoms with van der Waals surface area (Å²) in [7, 11) is 0. The number of ether oxygens (including phenoxy) is 2. The second-order valence-electron chi connectivity index (χ2n) is 3.55. The van der Waals surface area contributed by atoms with E-state index in [0.29, 0.717) is 6.61 Å². The van der Waals surface area contributed by atoms with Gasteiger partial charge >= 0.3 is 0 Å². The number of halogens is 1. The predicted molar refractivity (Wildman–Crippen MR) is 60.9 cm³/mol. The number of aromatic nitrogens is 1. The molecule has 1 aliphatic heterocycles. The molecule has 1 aromatic heterocycles. The SMILES string of the molecule is BrCc1cccc(COC2CCOC2)n1. The molecule has 0 bridgehead atoms. The van der Waals surface area contributed by atoms with E-state index in [4.69, 9.17) is 9.47 Å². The van der Waals surface area contributed by atoms with Gasteiger partial charge in [0.05, 0.1) is 30.7 Å². The van der Waals surface area contributed by atoms with Crippen molar-refractivity contribution in [2.24, 2.45) is 0 Å². The highest BCUT2D eigenvalue weighted by atomic mass is 79.9. The van der Waals surface area contributed by atoms with Crippen LogP contribution in [-0.4, -0.2) is 24.3 Å². The van der Waals surface area contributed by atoms with Gasteiger partial charge in [0.2, 0.25) is 0 Å². The molecule has 4 heteroatoms. The van der Waals surface area contributed by atoms with E-state index in [1.807, 2.05) is 18.2 Å². The molecule has 0 N–H and O–H groups in total. The number of hydrogen-bond donors (Lipinski definition) is 0. The highest BCUT2D eigenvalue weighted by Gasteiger charge is 2.15. The van der Waals surface area contributed by atoms with Crippen molar-refractivity contribution in [2.75, 3.05) is 13.2 Å². The Balaban J connectivity index is 1.86. The number of alkyl halides is 1. The standard InChI is InChI=1S/C11H14BrNO2/c12-6-9-2-1-3-10(13-9)7-15-11-4-5-14-8-11/h1-3,11H,4-8H2. The Morgan fingerprint density at radius 2 is 2.33 bits per heavy atom. The fourth-order valence-corrected chi connectivity index (χ4v) is 1.84. The van der Waals surface area contributed by atoms with Crippen molar-refractivity contribution >= 4 is 15.9 Å². The largest absolute Gasteiger partial charge is 0.379 e. The van der Waals surface area contributed by atoms with E-state index in [1.165, 1.54) is 0 Å². The third-order valence-electron chi connectivity index (χ3n) is 2.36. The lowest BCUT2D eigenvalue weighted by molar-refractivity contribution is 0.0301. The smallest absolute Gasteiger partial charge is 0.0892 e. The van der Waals surface area contributed by atoms with Gasteiger partial charge in [-0.2, -0.15) is 0 Å². The minimum Gasteiger partial charge on any atom is -0.379 e. The fraction of sp³-hybridized carbons (Fsp3) is 0.545. The van der Waals surface area contributed by atoms with Crippen LogP contribution in [0.5, 0.6) is 0 Å². The average Bonchev–Trinajstić information content (AvgIpc) is 2.79. The van der Waals surface area contributed by atoms with Crippen LogP contribution < -0.4 is 0 Å². The molecule has 82 valence electrons. The van der Waals surface area contributed by atoms with Gasteiger partial charge in [-0.15, -0.1) is 0 Å². The van der Waals surface area contributed by atoms with Gasteiger partial charge < -0.3 is 9.47 Å². The van der Waals surface area contributed by atoms with Gasteiger partial charge in [-0.25, -0.2) is 0 Å². The van der Waals surface area contributed by atoms with Crippen molar-refractivity contribution in [3.05, 3.63) is 29.6 Å². The minimum absolute atomic E-state index is 0.249. The highest BCUT2D eigenvalue weighted by Crippen LogP contribution is 2.11. The molecular weight excluding hydrogens is 258 g/mol. The number of nitrogens with zero attached hydrogens (tertiary/aromatic N) is 1. The zero-order valence-electron chi connectivity index (χ0n) is 8.49. The zero-order valence-corrected chi connectivity index (χ0v) is 10.1. The Labute approximate surface area is 97.9 Å². The van der Waals surface area contributed by atoms with Crippen molar-refractivity contribution < 1.29 is 9.47 Å². The van der Waals surface area contributed by atoms with Crippen molar-refractivity contribution in [3.8, 4) is 0 Å². The lowest BCUT2D eigenvalue weighted by Gasteiger charge is -2.09. The molecule has 1 aliphatic rings. The first kappa shape index (κ1) is 11.0. The summed E-state index contributed by atoms with van der Waals surface area (Å²) in [6.45, 7) is 2.12. The number of pyridine rings is 1. The summed E-state index contributed by atoms with van der Waals surface area (Å²) in [5.74, 6) is 0. The topological polar surface area (TPSA) is 31.4 Å². The maximum absolute atomic E-state index is 5.69. The van der Waals surface area contributed by atoms with E-state index < -0.39 is 0 Å². The molecule has 2 heterocycles. The van der Waals surface area contributed by atoms with E-state index in [1.54, 1.807) is 0 Å². The number of hydrogen-bond acceptors (Lipinski definition) is 3. The first-order valence-corrected chi connectivity index (χ1v) is 6.21. The van der Waals surface area contributed by atoms with Crippen LogP contribution >= 0.6 is 15.9 Å². The molecule has 0 spiro atoms. The van der Waals surface area contributed by atoms with Gasteiger partial charge in [0.1, 0.15) is 0 Å². The van der Waals surface area contributed by atoms with E-state index in [9.17, 15) is 0 Å². The lowest BCUT2D eigenvalue weighted by atomic mass is 10.3. The second-order valence-corrected chi connectivity index (χ2v) is 4.11. The average molecular weight is 272 g/mol. The van der Waals surface area contributed by atoms with Crippen LogP contribution in [0, 0.1) is 0 Å². The summed E-state index contributed by atoms with van der Waals surface area (Å²) < 4.78 is 10.9. The van der Waals surface area contributed by atoms with Crippen molar-refractivity contribution in [1.29, 1.82) is 0 Å². The van der Waals surface area contributed by atoms with Crippen molar-refractivity contribution in [2.45, 2.75) is 24.5 Å². The van der Waals surface area contributed by atoms with Crippen LogP contribution in [0.2, 0.25) is 0 Å². The fourth-order valence-electron chi connectivity index (χ4n) is 1.53. The van der Waals surface area contributed by atoms with Gasteiger partial charge in [-0.1, -0.05) is 22.0 Å². The van der Waals surface area contributed by atoms with E-state index in [-0.39, 0.29) is 6.10 Å². The molecule has 0 saturated carbocycles. The Kier molecular flexibility index (Phi) is 4.11. The molecule has 1 unspecified atom stereocenters. The van der Waals surface area contributed by atoms with Crippen LogP contribution in [0.15, 0.2) is 18.2 Å². The first-order chi connectivity index (χ1) is 7.38. The number of rotatable bonds is 4. The summed E-state index contributed by atoms with van der Waals surface area (Å²) >= 11 is 3.39.